The number of nitrogens with one attached hydrogen (secondary N) is 2. The Morgan fingerprint density at radius 1 is 1.29 bits per heavy atom. The first kappa shape index (κ1) is 16.1. The van der Waals surface area contributed by atoms with Gasteiger partial charge in [0.2, 0.25) is 5.96 Å². The summed E-state index contributed by atoms with van der Waals surface area (Å²) >= 11 is 5.76. The number of nitrogens with zero attached hydrogens (tertiary/aromatic N) is 2. The van der Waals surface area contributed by atoms with E-state index < -0.39 is 10.0 Å². The summed E-state index contributed by atoms with van der Waals surface area (Å²) in [5, 5.41) is 3.46. The van der Waals surface area contributed by atoms with Crippen LogP contribution < -0.4 is 10.0 Å². The van der Waals surface area contributed by atoms with Crippen molar-refractivity contribution in [2.75, 3.05) is 13.3 Å². The molecule has 0 atom stereocenters. The fraction of sp³-hybridized carbons (Fsp3) is 0.462. The summed E-state index contributed by atoms with van der Waals surface area (Å²) in [4.78, 5) is 6.46. The fourth-order valence-electron chi connectivity index (χ4n) is 1.75. The van der Waals surface area contributed by atoms with Crippen molar-refractivity contribution in [2.45, 2.75) is 31.2 Å². The van der Waals surface area contributed by atoms with Gasteiger partial charge in [0.1, 0.15) is 0 Å². The number of rotatable bonds is 2. The minimum Gasteiger partial charge on any atom is -0.343 e. The standard InChI is InChI=1S/C13H19ClN4O2S/c1-13(2,3)18-8-15-12(16-9-18)17-21(19,20)11-6-4-10(14)5-7-11/h4-7H,8-9H2,1-3H3,(H2,15,16,17). The van der Waals surface area contributed by atoms with Gasteiger partial charge in [-0.25, -0.2) is 18.1 Å². The second kappa shape index (κ2) is 5.82. The molecule has 1 aliphatic rings. The van der Waals surface area contributed by atoms with Gasteiger partial charge in [-0.2, -0.15) is 0 Å². The van der Waals surface area contributed by atoms with Crippen molar-refractivity contribution in [3.05, 3.63) is 29.3 Å². The second-order valence-electron chi connectivity index (χ2n) is 5.75. The van der Waals surface area contributed by atoms with E-state index in [0.717, 1.165) is 0 Å². The van der Waals surface area contributed by atoms with Crippen LogP contribution >= 0.6 is 11.6 Å². The van der Waals surface area contributed by atoms with Gasteiger partial charge in [0.15, 0.2) is 0 Å². The van der Waals surface area contributed by atoms with Crippen LogP contribution in [0.25, 0.3) is 0 Å². The molecule has 0 aliphatic carbocycles. The van der Waals surface area contributed by atoms with E-state index in [2.05, 4.69) is 40.7 Å². The Labute approximate surface area is 130 Å². The van der Waals surface area contributed by atoms with Gasteiger partial charge in [-0.1, -0.05) is 11.6 Å². The average Bonchev–Trinajstić information content (AvgIpc) is 2.38. The molecule has 0 radical (unpaired) electrons. The van der Waals surface area contributed by atoms with Crippen LogP contribution in [0.5, 0.6) is 0 Å². The normalized spacial score (nSPS) is 17.0. The zero-order valence-corrected chi connectivity index (χ0v) is 13.8. The number of hydrogen-bond donors (Lipinski definition) is 2. The third kappa shape index (κ3) is 4.09. The number of sulfonamides is 1. The quantitative estimate of drug-likeness (QED) is 0.863. The van der Waals surface area contributed by atoms with E-state index in [1.807, 2.05) is 0 Å². The molecule has 1 heterocycles. The highest BCUT2D eigenvalue weighted by Gasteiger charge is 2.25. The van der Waals surface area contributed by atoms with Gasteiger partial charge in [0, 0.05) is 10.6 Å². The molecule has 0 bridgehead atoms. The Kier molecular flexibility index (Phi) is 4.46. The summed E-state index contributed by atoms with van der Waals surface area (Å²) in [6.45, 7) is 7.20. The van der Waals surface area contributed by atoms with E-state index >= 15 is 0 Å². The molecule has 1 aromatic carbocycles. The molecule has 6 nitrogen and oxygen atoms in total. The van der Waals surface area contributed by atoms with Gasteiger partial charge in [-0.05, 0) is 45.0 Å². The molecule has 0 saturated carbocycles. The third-order valence-corrected chi connectivity index (χ3v) is 4.75. The topological polar surface area (TPSA) is 73.8 Å². The maximum Gasteiger partial charge on any atom is 0.264 e. The Hall–Kier alpha value is -1.31. The first-order valence-corrected chi connectivity index (χ1v) is 8.36. The first-order chi connectivity index (χ1) is 9.68. The van der Waals surface area contributed by atoms with E-state index in [0.29, 0.717) is 18.4 Å². The molecule has 0 fully saturated rings. The maximum atomic E-state index is 12.2. The van der Waals surface area contributed by atoms with Gasteiger partial charge in [-0.15, -0.1) is 0 Å². The molecule has 0 spiro atoms. The van der Waals surface area contributed by atoms with Crippen LogP contribution in [-0.4, -0.2) is 38.2 Å². The summed E-state index contributed by atoms with van der Waals surface area (Å²) < 4.78 is 26.8. The molecule has 116 valence electrons. The van der Waals surface area contributed by atoms with Crippen molar-refractivity contribution >= 4 is 27.6 Å². The lowest BCUT2D eigenvalue weighted by Crippen LogP contribution is -2.55. The van der Waals surface area contributed by atoms with Crippen LogP contribution in [0.3, 0.4) is 0 Å². The van der Waals surface area contributed by atoms with Crippen molar-refractivity contribution < 1.29 is 8.42 Å². The summed E-state index contributed by atoms with van der Waals surface area (Å²) in [6.07, 6.45) is 0. The maximum absolute atomic E-state index is 12.2. The third-order valence-electron chi connectivity index (χ3n) is 3.14. The molecule has 0 unspecified atom stereocenters. The summed E-state index contributed by atoms with van der Waals surface area (Å²) in [5.74, 6) is 0.255. The first-order valence-electron chi connectivity index (χ1n) is 6.50. The molecule has 1 aromatic rings. The highest BCUT2D eigenvalue weighted by Crippen LogP contribution is 2.15. The highest BCUT2D eigenvalue weighted by atomic mass is 35.5. The van der Waals surface area contributed by atoms with Gasteiger partial charge in [-0.3, -0.25) is 4.90 Å². The SMILES string of the molecule is CC(C)(C)N1CN=C(NS(=O)(=O)c2ccc(Cl)cc2)NC1. The van der Waals surface area contributed by atoms with Gasteiger partial charge < -0.3 is 5.32 Å². The van der Waals surface area contributed by atoms with Crippen molar-refractivity contribution in [3.8, 4) is 0 Å². The van der Waals surface area contributed by atoms with Crippen LogP contribution in [0.2, 0.25) is 5.02 Å². The zero-order chi connectivity index (χ0) is 15.7. The Morgan fingerprint density at radius 3 is 2.38 bits per heavy atom. The van der Waals surface area contributed by atoms with Crippen molar-refractivity contribution in [1.82, 2.24) is 14.9 Å². The summed E-state index contributed by atoms with van der Waals surface area (Å²) in [7, 11) is -3.65. The fourth-order valence-corrected chi connectivity index (χ4v) is 2.88. The van der Waals surface area contributed by atoms with Crippen molar-refractivity contribution in [3.63, 3.8) is 0 Å². The molecule has 8 heteroatoms. The zero-order valence-electron chi connectivity index (χ0n) is 12.2. The van der Waals surface area contributed by atoms with E-state index in [4.69, 9.17) is 11.6 Å². The van der Waals surface area contributed by atoms with Crippen LogP contribution in [-0.2, 0) is 10.0 Å². The molecule has 1 aliphatic heterocycles. The minimum atomic E-state index is -3.65. The lowest BCUT2D eigenvalue weighted by atomic mass is 10.1. The molecule has 21 heavy (non-hydrogen) atoms. The number of hydrogen-bond acceptors (Lipinski definition) is 5. The number of aliphatic imine (C=N–C) groups is 1. The predicted molar refractivity (Wildman–Crippen MR) is 83.7 cm³/mol. The van der Waals surface area contributed by atoms with E-state index in [9.17, 15) is 8.42 Å². The molecule has 2 rings (SSSR count). The Bertz CT molecular complexity index is 635. The van der Waals surface area contributed by atoms with Gasteiger partial charge in [0.25, 0.3) is 10.0 Å². The smallest absolute Gasteiger partial charge is 0.264 e. The highest BCUT2D eigenvalue weighted by molar-refractivity contribution is 7.90. The minimum absolute atomic E-state index is 0.0307. The Morgan fingerprint density at radius 2 is 1.90 bits per heavy atom. The van der Waals surface area contributed by atoms with Crippen molar-refractivity contribution in [2.24, 2.45) is 4.99 Å². The van der Waals surface area contributed by atoms with E-state index in [-0.39, 0.29) is 16.4 Å². The molecular weight excluding hydrogens is 312 g/mol. The van der Waals surface area contributed by atoms with Gasteiger partial charge in [0.05, 0.1) is 18.2 Å². The monoisotopic (exact) mass is 330 g/mol. The summed E-state index contributed by atoms with van der Waals surface area (Å²) in [6, 6.07) is 5.98. The van der Waals surface area contributed by atoms with Crippen LogP contribution in [0.4, 0.5) is 0 Å². The van der Waals surface area contributed by atoms with E-state index in [1.54, 1.807) is 0 Å². The van der Waals surface area contributed by atoms with Crippen molar-refractivity contribution in [1.29, 1.82) is 0 Å². The Balaban J connectivity index is 2.08. The average molecular weight is 331 g/mol. The number of halogens is 1. The lowest BCUT2D eigenvalue weighted by molar-refractivity contribution is 0.130. The van der Waals surface area contributed by atoms with Crippen LogP contribution in [0, 0.1) is 0 Å². The molecule has 0 amide bonds. The molecular formula is C13H19ClN4O2S. The van der Waals surface area contributed by atoms with E-state index in [1.165, 1.54) is 24.3 Å². The molecule has 2 N–H and O–H groups in total. The number of guanidine groups is 1. The predicted octanol–water partition coefficient (Wildman–Crippen LogP) is 1.59. The molecule has 0 aromatic heterocycles. The largest absolute Gasteiger partial charge is 0.343 e. The molecule has 0 saturated heterocycles. The van der Waals surface area contributed by atoms with Crippen LogP contribution in [0.15, 0.2) is 34.2 Å². The number of benzene rings is 1. The van der Waals surface area contributed by atoms with Gasteiger partial charge >= 0.3 is 0 Å². The second-order valence-corrected chi connectivity index (χ2v) is 7.87. The lowest BCUT2D eigenvalue weighted by Gasteiger charge is -2.37. The van der Waals surface area contributed by atoms with Crippen LogP contribution in [0.1, 0.15) is 20.8 Å². The summed E-state index contributed by atoms with van der Waals surface area (Å²) in [5.41, 5.74) is -0.0307.